The Hall–Kier alpha value is -3.09. The van der Waals surface area contributed by atoms with E-state index in [1.54, 1.807) is 11.0 Å². The Morgan fingerprint density at radius 2 is 1.88 bits per heavy atom. The lowest BCUT2D eigenvalue weighted by Crippen LogP contribution is -2.49. The van der Waals surface area contributed by atoms with E-state index in [0.717, 1.165) is 17.0 Å². The molecule has 1 fully saturated rings. The van der Waals surface area contributed by atoms with Gasteiger partial charge in [-0.2, -0.15) is 0 Å². The zero-order valence-corrected chi connectivity index (χ0v) is 13.0. The van der Waals surface area contributed by atoms with E-state index in [9.17, 15) is 9.90 Å². The molecule has 1 aromatic carbocycles. The van der Waals surface area contributed by atoms with Crippen LogP contribution in [-0.2, 0) is 0 Å². The van der Waals surface area contributed by atoms with Gasteiger partial charge in [0.15, 0.2) is 5.69 Å². The van der Waals surface area contributed by atoms with Gasteiger partial charge in [0.2, 0.25) is 5.95 Å². The van der Waals surface area contributed by atoms with E-state index < -0.39 is 0 Å². The van der Waals surface area contributed by atoms with Crippen LogP contribution in [-0.4, -0.2) is 57.0 Å². The molecule has 0 spiro atoms. The summed E-state index contributed by atoms with van der Waals surface area (Å²) in [5.74, 6) is 0.503. The zero-order valence-electron chi connectivity index (χ0n) is 13.0. The normalized spacial score (nSPS) is 15.0. The molecule has 122 valence electrons. The summed E-state index contributed by atoms with van der Waals surface area (Å²) in [7, 11) is 0. The quantitative estimate of drug-likeness (QED) is 0.748. The monoisotopic (exact) mass is 323 g/mol. The van der Waals surface area contributed by atoms with E-state index >= 15 is 0 Å². The lowest BCUT2D eigenvalue weighted by molar-refractivity contribution is 0.0737. The smallest absolute Gasteiger partial charge is 0.276 e. The van der Waals surface area contributed by atoms with Crippen molar-refractivity contribution < 1.29 is 9.90 Å². The second kappa shape index (κ2) is 5.84. The number of carbonyl (C=O) groups is 1. The number of aromatic nitrogens is 3. The van der Waals surface area contributed by atoms with Crippen molar-refractivity contribution in [1.82, 2.24) is 19.9 Å². The first-order valence-corrected chi connectivity index (χ1v) is 7.85. The maximum absolute atomic E-state index is 12.5. The number of nitrogens with zero attached hydrogens (tertiary/aromatic N) is 4. The van der Waals surface area contributed by atoms with Gasteiger partial charge in [0.25, 0.3) is 5.91 Å². The van der Waals surface area contributed by atoms with Crippen LogP contribution in [0.1, 0.15) is 10.5 Å². The van der Waals surface area contributed by atoms with E-state index in [1.807, 2.05) is 24.3 Å². The van der Waals surface area contributed by atoms with E-state index in [4.69, 9.17) is 0 Å². The number of nitrogens with one attached hydrogen (secondary N) is 1. The van der Waals surface area contributed by atoms with Crippen LogP contribution in [0, 0.1) is 0 Å². The highest BCUT2D eigenvalue weighted by atomic mass is 16.3. The highest BCUT2D eigenvalue weighted by Crippen LogP contribution is 2.20. The van der Waals surface area contributed by atoms with Gasteiger partial charge in [0.05, 0.1) is 11.0 Å². The molecule has 0 saturated carbocycles. The van der Waals surface area contributed by atoms with Gasteiger partial charge in [-0.1, -0.05) is 12.1 Å². The minimum Gasteiger partial charge on any atom is -0.505 e. The first-order valence-electron chi connectivity index (χ1n) is 7.85. The molecule has 24 heavy (non-hydrogen) atoms. The first kappa shape index (κ1) is 14.5. The van der Waals surface area contributed by atoms with Crippen LogP contribution >= 0.6 is 0 Å². The van der Waals surface area contributed by atoms with Gasteiger partial charge in [-0.25, -0.2) is 9.97 Å². The molecule has 2 aromatic heterocycles. The first-order chi connectivity index (χ1) is 11.7. The SMILES string of the molecule is O=C(c1ncccc1O)N1CCN(c2nc3ccccc3[nH]2)CC1. The van der Waals surface area contributed by atoms with E-state index in [2.05, 4.69) is 19.9 Å². The summed E-state index contributed by atoms with van der Waals surface area (Å²) < 4.78 is 0. The lowest BCUT2D eigenvalue weighted by Gasteiger charge is -2.34. The fraction of sp³-hybridized carbons (Fsp3) is 0.235. The number of anilines is 1. The van der Waals surface area contributed by atoms with Crippen molar-refractivity contribution in [2.75, 3.05) is 31.1 Å². The van der Waals surface area contributed by atoms with Gasteiger partial charge in [0.1, 0.15) is 5.75 Å². The average molecular weight is 323 g/mol. The van der Waals surface area contributed by atoms with Crippen molar-refractivity contribution >= 4 is 22.9 Å². The van der Waals surface area contributed by atoms with Gasteiger partial charge >= 0.3 is 0 Å². The maximum atomic E-state index is 12.5. The number of H-pyrrole nitrogens is 1. The number of aromatic hydroxyl groups is 1. The Morgan fingerprint density at radius 3 is 2.62 bits per heavy atom. The third kappa shape index (κ3) is 2.54. The highest BCUT2D eigenvalue weighted by Gasteiger charge is 2.25. The topological polar surface area (TPSA) is 85.3 Å². The number of pyridine rings is 1. The Bertz CT molecular complexity index is 850. The Kier molecular flexibility index (Phi) is 3.53. The number of piperazine rings is 1. The van der Waals surface area contributed by atoms with Crippen molar-refractivity contribution in [2.24, 2.45) is 0 Å². The van der Waals surface area contributed by atoms with Crippen LogP contribution in [0.5, 0.6) is 5.75 Å². The molecule has 0 atom stereocenters. The predicted octanol–water partition coefficient (Wildman–Crippen LogP) is 1.63. The van der Waals surface area contributed by atoms with Gasteiger partial charge in [0, 0.05) is 32.4 Å². The summed E-state index contributed by atoms with van der Waals surface area (Å²) in [6.07, 6.45) is 1.51. The molecular weight excluding hydrogens is 306 g/mol. The lowest BCUT2D eigenvalue weighted by atomic mass is 10.2. The Labute approximate surface area is 138 Å². The number of para-hydroxylation sites is 2. The van der Waals surface area contributed by atoms with E-state index in [-0.39, 0.29) is 17.4 Å². The minimum atomic E-state index is -0.239. The molecule has 1 aliphatic heterocycles. The van der Waals surface area contributed by atoms with Gasteiger partial charge < -0.3 is 19.9 Å². The van der Waals surface area contributed by atoms with Crippen LogP contribution < -0.4 is 4.90 Å². The number of benzene rings is 1. The Balaban J connectivity index is 1.47. The largest absolute Gasteiger partial charge is 0.505 e. The molecule has 4 rings (SSSR count). The summed E-state index contributed by atoms with van der Waals surface area (Å²) in [4.78, 5) is 28.2. The van der Waals surface area contributed by atoms with Crippen LogP contribution in [0.3, 0.4) is 0 Å². The van der Waals surface area contributed by atoms with Crippen LogP contribution in [0.15, 0.2) is 42.6 Å². The van der Waals surface area contributed by atoms with Gasteiger partial charge in [-0.05, 0) is 24.3 Å². The van der Waals surface area contributed by atoms with Crippen molar-refractivity contribution in [3.63, 3.8) is 0 Å². The van der Waals surface area contributed by atoms with Crippen molar-refractivity contribution in [3.8, 4) is 5.75 Å². The third-order valence-corrected chi connectivity index (χ3v) is 4.23. The second-order valence-corrected chi connectivity index (χ2v) is 5.73. The number of hydrogen-bond donors (Lipinski definition) is 2. The van der Waals surface area contributed by atoms with Crippen LogP contribution in [0.25, 0.3) is 11.0 Å². The zero-order chi connectivity index (χ0) is 16.5. The molecule has 0 unspecified atom stereocenters. The molecule has 7 nitrogen and oxygen atoms in total. The summed E-state index contributed by atoms with van der Waals surface area (Å²) in [5, 5.41) is 9.79. The molecule has 1 saturated heterocycles. The molecule has 7 heteroatoms. The highest BCUT2D eigenvalue weighted by molar-refractivity contribution is 5.95. The molecule has 0 bridgehead atoms. The maximum Gasteiger partial charge on any atom is 0.276 e. The van der Waals surface area contributed by atoms with E-state index in [1.165, 1.54) is 12.3 Å². The van der Waals surface area contributed by atoms with Crippen molar-refractivity contribution in [2.45, 2.75) is 0 Å². The summed E-state index contributed by atoms with van der Waals surface area (Å²) in [6, 6.07) is 11.0. The standard InChI is InChI=1S/C17H17N5O2/c23-14-6-3-7-18-15(14)16(24)21-8-10-22(11-9-21)17-19-12-4-1-2-5-13(12)20-17/h1-7,23H,8-11H2,(H,19,20). The summed E-state index contributed by atoms with van der Waals surface area (Å²) in [6.45, 7) is 2.48. The molecule has 0 radical (unpaired) electrons. The minimum absolute atomic E-state index is 0.0813. The summed E-state index contributed by atoms with van der Waals surface area (Å²) >= 11 is 0. The number of carbonyl (C=O) groups excluding carboxylic acids is 1. The average Bonchev–Trinajstić information content (AvgIpc) is 3.06. The molecule has 1 amide bonds. The number of imidazole rings is 1. The van der Waals surface area contributed by atoms with Crippen molar-refractivity contribution in [1.29, 1.82) is 0 Å². The number of amides is 1. The number of rotatable bonds is 2. The number of hydrogen-bond acceptors (Lipinski definition) is 5. The fourth-order valence-corrected chi connectivity index (χ4v) is 2.92. The third-order valence-electron chi connectivity index (χ3n) is 4.23. The van der Waals surface area contributed by atoms with Crippen LogP contribution in [0.4, 0.5) is 5.95 Å². The molecular formula is C17H17N5O2. The fourth-order valence-electron chi connectivity index (χ4n) is 2.92. The molecule has 3 heterocycles. The number of fused-ring (bicyclic) bond motifs is 1. The van der Waals surface area contributed by atoms with Crippen LogP contribution in [0.2, 0.25) is 0 Å². The van der Waals surface area contributed by atoms with Crippen molar-refractivity contribution in [3.05, 3.63) is 48.3 Å². The molecule has 0 aliphatic carbocycles. The Morgan fingerprint density at radius 1 is 1.08 bits per heavy atom. The van der Waals surface area contributed by atoms with E-state index in [0.29, 0.717) is 26.2 Å². The molecule has 3 aromatic rings. The van der Waals surface area contributed by atoms with Gasteiger partial charge in [-0.15, -0.1) is 0 Å². The predicted molar refractivity (Wildman–Crippen MR) is 90.1 cm³/mol. The summed E-state index contributed by atoms with van der Waals surface area (Å²) in [5.41, 5.74) is 2.04. The second-order valence-electron chi connectivity index (χ2n) is 5.73. The van der Waals surface area contributed by atoms with Gasteiger partial charge in [-0.3, -0.25) is 4.79 Å². The molecule has 1 aliphatic rings. The number of aromatic amines is 1. The molecule has 2 N–H and O–H groups in total.